The summed E-state index contributed by atoms with van der Waals surface area (Å²) in [4.78, 5) is 9.07. The van der Waals surface area contributed by atoms with E-state index in [0.717, 1.165) is 28.9 Å². The first kappa shape index (κ1) is 37.3. The molecule has 0 bridgehead atoms. The van der Waals surface area contributed by atoms with Crippen molar-refractivity contribution in [1.29, 1.82) is 0 Å². The zero-order valence-electron chi connectivity index (χ0n) is 30.2. The van der Waals surface area contributed by atoms with E-state index in [4.69, 9.17) is 9.47 Å². The molecule has 0 unspecified atom stereocenters. The molecule has 0 saturated carbocycles. The number of pyridine rings is 2. The lowest BCUT2D eigenvalue weighted by Gasteiger charge is -2.13. The van der Waals surface area contributed by atoms with E-state index in [1.807, 2.05) is 38.1 Å². The maximum atomic E-state index is 14.6. The van der Waals surface area contributed by atoms with Gasteiger partial charge in [-0.05, 0) is 97.4 Å². The van der Waals surface area contributed by atoms with E-state index >= 15 is 0 Å². The molecule has 5 N–H and O–H groups in total. The summed E-state index contributed by atoms with van der Waals surface area (Å²) in [6.07, 6.45) is 0. The van der Waals surface area contributed by atoms with Crippen LogP contribution in [-0.4, -0.2) is 55.8 Å². The van der Waals surface area contributed by atoms with Crippen molar-refractivity contribution in [2.45, 2.75) is 13.8 Å². The lowest BCUT2D eigenvalue weighted by Crippen LogP contribution is -2.04. The summed E-state index contributed by atoms with van der Waals surface area (Å²) in [6.45, 7) is 4.62. The Morgan fingerprint density at radius 1 is 0.589 bits per heavy atom. The second kappa shape index (κ2) is 16.2. The number of aromatic amines is 2. The third-order valence-electron chi connectivity index (χ3n) is 8.47. The van der Waals surface area contributed by atoms with E-state index in [0.29, 0.717) is 69.8 Å². The van der Waals surface area contributed by atoms with Gasteiger partial charge in [0.05, 0.1) is 18.0 Å². The Kier molecular flexibility index (Phi) is 10.8. The molecular formula is C41H34F4N8O3. The Hall–Kier alpha value is -7.00. The standard InChI is InChI=1S/C22H20F2N4O2.C19H14F2N4O/c1-13-9-21(28-27-13)25-20-11-14-10-16(30-8-7-29-2)4-6-17(14)22(26-20)18-5-3-15(23)12-19(18)24;1-10-6-18(25-24-10)22-17-8-11-7-13(26)3-5-14(11)19(23-17)15-4-2-12(20)9-16(15)21/h3-6,9-12H,7-8H2,1-2H3,(H2,25,26,27,28);2-9,26H,1H3,(H2,22,23,24,25). The third kappa shape index (κ3) is 8.53. The smallest absolute Gasteiger partial charge is 0.153 e. The van der Waals surface area contributed by atoms with Crippen molar-refractivity contribution in [1.82, 2.24) is 30.4 Å². The van der Waals surface area contributed by atoms with Crippen LogP contribution in [0.15, 0.2) is 97.1 Å². The number of hydrogen-bond donors (Lipinski definition) is 5. The average molecular weight is 763 g/mol. The SMILES string of the molecule is COCCOc1ccc2c(-c3ccc(F)cc3F)nc(Nc3cc(C)[nH]n3)cc2c1.Cc1cc(Nc2cc3cc(O)ccc3c(-c3ccc(F)cc3F)n2)n[nH]1. The average Bonchev–Trinajstić information content (AvgIpc) is 3.77. The molecule has 0 radical (unpaired) electrons. The van der Waals surface area contributed by atoms with Gasteiger partial charge >= 0.3 is 0 Å². The van der Waals surface area contributed by atoms with Crippen molar-refractivity contribution in [2.24, 2.45) is 0 Å². The van der Waals surface area contributed by atoms with Gasteiger partial charge in [0, 0.05) is 64.7 Å². The fourth-order valence-electron chi connectivity index (χ4n) is 5.94. The van der Waals surface area contributed by atoms with Crippen LogP contribution in [-0.2, 0) is 4.74 Å². The molecule has 0 atom stereocenters. The molecule has 11 nitrogen and oxygen atoms in total. The highest BCUT2D eigenvalue weighted by Gasteiger charge is 2.16. The number of halogens is 4. The zero-order chi connectivity index (χ0) is 39.3. The topological polar surface area (TPSA) is 146 Å². The number of phenols is 1. The Bertz CT molecular complexity index is 2680. The van der Waals surface area contributed by atoms with Crippen LogP contribution in [0.4, 0.5) is 40.8 Å². The summed E-state index contributed by atoms with van der Waals surface area (Å²) in [5.41, 5.74) is 2.87. The molecule has 0 aliphatic heterocycles. The van der Waals surface area contributed by atoms with E-state index in [-0.39, 0.29) is 16.9 Å². The second-order valence-electron chi connectivity index (χ2n) is 12.7. The number of nitrogens with one attached hydrogen (secondary N) is 4. The van der Waals surface area contributed by atoms with Crippen molar-refractivity contribution < 1.29 is 32.1 Å². The first-order valence-corrected chi connectivity index (χ1v) is 17.2. The molecular weight excluding hydrogens is 728 g/mol. The van der Waals surface area contributed by atoms with Crippen LogP contribution in [0.3, 0.4) is 0 Å². The molecule has 0 saturated heterocycles. The molecule has 8 rings (SSSR count). The Balaban J connectivity index is 0.000000173. The van der Waals surface area contributed by atoms with Crippen LogP contribution >= 0.6 is 0 Å². The van der Waals surface area contributed by atoms with E-state index in [1.54, 1.807) is 37.4 Å². The van der Waals surface area contributed by atoms with Crippen molar-refractivity contribution in [3.05, 3.63) is 132 Å². The summed E-state index contributed by atoms with van der Waals surface area (Å²) >= 11 is 0. The van der Waals surface area contributed by atoms with Gasteiger partial charge in [0.2, 0.25) is 0 Å². The minimum absolute atomic E-state index is 0.0794. The van der Waals surface area contributed by atoms with Crippen molar-refractivity contribution in [2.75, 3.05) is 31.0 Å². The molecule has 284 valence electrons. The van der Waals surface area contributed by atoms with Crippen molar-refractivity contribution in [3.63, 3.8) is 0 Å². The molecule has 15 heteroatoms. The number of nitrogens with zero attached hydrogens (tertiary/aromatic N) is 4. The number of hydrogen-bond acceptors (Lipinski definition) is 9. The number of rotatable bonds is 10. The van der Waals surface area contributed by atoms with Gasteiger partial charge in [-0.1, -0.05) is 0 Å². The lowest BCUT2D eigenvalue weighted by molar-refractivity contribution is 0.146. The van der Waals surface area contributed by atoms with Crippen LogP contribution in [0.2, 0.25) is 0 Å². The van der Waals surface area contributed by atoms with Crippen molar-refractivity contribution in [3.8, 4) is 34.0 Å². The zero-order valence-corrected chi connectivity index (χ0v) is 30.2. The summed E-state index contributed by atoms with van der Waals surface area (Å²) < 4.78 is 66.3. The van der Waals surface area contributed by atoms with E-state index in [9.17, 15) is 22.7 Å². The van der Waals surface area contributed by atoms with Crippen LogP contribution < -0.4 is 15.4 Å². The molecule has 0 spiro atoms. The van der Waals surface area contributed by atoms with Crippen LogP contribution in [0, 0.1) is 37.1 Å². The quantitative estimate of drug-likeness (QED) is 0.0679. The van der Waals surface area contributed by atoms with Gasteiger partial charge in [-0.15, -0.1) is 0 Å². The Labute approximate surface area is 317 Å². The van der Waals surface area contributed by atoms with Gasteiger partial charge in [0.1, 0.15) is 53.0 Å². The van der Waals surface area contributed by atoms with Crippen LogP contribution in [0.1, 0.15) is 11.4 Å². The molecule has 0 fully saturated rings. The minimum atomic E-state index is -0.709. The minimum Gasteiger partial charge on any atom is -0.508 e. The van der Waals surface area contributed by atoms with Gasteiger partial charge < -0.3 is 25.2 Å². The summed E-state index contributed by atoms with van der Waals surface area (Å²) in [5, 5.41) is 32.7. The highest BCUT2D eigenvalue weighted by Crippen LogP contribution is 2.35. The van der Waals surface area contributed by atoms with E-state index in [2.05, 4.69) is 41.0 Å². The number of methoxy groups -OCH3 is 1. The number of aryl methyl sites for hydroxylation is 2. The largest absolute Gasteiger partial charge is 0.508 e. The molecule has 8 aromatic rings. The van der Waals surface area contributed by atoms with E-state index in [1.165, 1.54) is 30.3 Å². The first-order valence-electron chi connectivity index (χ1n) is 17.2. The molecule has 0 aliphatic rings. The third-order valence-corrected chi connectivity index (χ3v) is 8.47. The predicted molar refractivity (Wildman–Crippen MR) is 206 cm³/mol. The first-order chi connectivity index (χ1) is 27.0. The number of ether oxygens (including phenoxy) is 2. The number of anilines is 4. The van der Waals surface area contributed by atoms with Crippen LogP contribution in [0.25, 0.3) is 44.1 Å². The van der Waals surface area contributed by atoms with Crippen molar-refractivity contribution >= 4 is 44.8 Å². The number of fused-ring (bicyclic) bond motifs is 2. The highest BCUT2D eigenvalue weighted by molar-refractivity contribution is 5.98. The van der Waals surface area contributed by atoms with Gasteiger partial charge in [-0.25, -0.2) is 27.5 Å². The van der Waals surface area contributed by atoms with Crippen LogP contribution in [0.5, 0.6) is 11.5 Å². The number of H-pyrrole nitrogens is 2. The molecule has 0 amide bonds. The summed E-state index contributed by atoms with van der Waals surface area (Å²) in [7, 11) is 1.60. The fourth-order valence-corrected chi connectivity index (χ4v) is 5.94. The number of aromatic hydroxyl groups is 1. The van der Waals surface area contributed by atoms with Gasteiger partial charge in [0.25, 0.3) is 0 Å². The number of phenolic OH excluding ortho intramolecular Hbond substituents is 1. The van der Waals surface area contributed by atoms with E-state index < -0.39 is 23.3 Å². The number of aromatic nitrogens is 6. The molecule has 4 heterocycles. The monoisotopic (exact) mass is 762 g/mol. The molecule has 4 aromatic carbocycles. The normalized spacial score (nSPS) is 11.1. The predicted octanol–water partition coefficient (Wildman–Crippen LogP) is 9.64. The number of benzene rings is 4. The summed E-state index contributed by atoms with van der Waals surface area (Å²) in [6, 6.07) is 24.1. The van der Waals surface area contributed by atoms with Gasteiger partial charge in [-0.3, -0.25) is 10.2 Å². The van der Waals surface area contributed by atoms with Gasteiger partial charge in [-0.2, -0.15) is 10.2 Å². The highest BCUT2D eigenvalue weighted by atomic mass is 19.1. The molecule has 56 heavy (non-hydrogen) atoms. The Morgan fingerprint density at radius 3 is 1.59 bits per heavy atom. The molecule has 4 aromatic heterocycles. The summed E-state index contributed by atoms with van der Waals surface area (Å²) in [5.74, 6) is 0.0721. The fraction of sp³-hybridized carbons (Fsp3) is 0.122. The maximum Gasteiger partial charge on any atom is 0.153 e. The Morgan fingerprint density at radius 2 is 1.11 bits per heavy atom. The maximum absolute atomic E-state index is 14.6. The molecule has 0 aliphatic carbocycles. The second-order valence-corrected chi connectivity index (χ2v) is 12.7. The lowest BCUT2D eigenvalue weighted by atomic mass is 10.0. The van der Waals surface area contributed by atoms with Gasteiger partial charge in [0.15, 0.2) is 11.6 Å².